The van der Waals surface area contributed by atoms with E-state index in [4.69, 9.17) is 14.2 Å². The van der Waals surface area contributed by atoms with Gasteiger partial charge in [0.25, 0.3) is 5.91 Å². The van der Waals surface area contributed by atoms with Crippen LogP contribution in [0.25, 0.3) is 5.57 Å². The number of hydrogen-bond acceptors (Lipinski definition) is 9. The number of aromatic nitrogens is 2. The molecule has 37 heavy (non-hydrogen) atoms. The molecule has 7 rings (SSSR count). The molecule has 0 spiro atoms. The lowest BCUT2D eigenvalue weighted by Crippen LogP contribution is -2.61. The Morgan fingerprint density at radius 2 is 2.05 bits per heavy atom. The molecule has 4 aliphatic heterocycles. The van der Waals surface area contributed by atoms with Crippen LogP contribution in [0.5, 0.6) is 11.6 Å². The van der Waals surface area contributed by atoms with Crippen LogP contribution in [-0.2, 0) is 16.1 Å². The lowest BCUT2D eigenvalue weighted by molar-refractivity contribution is -0.165. The van der Waals surface area contributed by atoms with Gasteiger partial charge in [-0.05, 0) is 68.4 Å². The highest BCUT2D eigenvalue weighted by molar-refractivity contribution is 5.94. The number of allylic oxidation sites excluding steroid dienone is 1. The second-order valence-electron chi connectivity index (χ2n) is 10.5. The first-order valence-electron chi connectivity index (χ1n) is 12.9. The summed E-state index contributed by atoms with van der Waals surface area (Å²) in [4.78, 5) is 22.7. The van der Waals surface area contributed by atoms with Crippen molar-refractivity contribution in [3.05, 3.63) is 41.7 Å². The first kappa shape index (κ1) is 24.1. The molecule has 0 aromatic carbocycles. The van der Waals surface area contributed by atoms with Crippen molar-refractivity contribution < 1.29 is 24.1 Å². The number of aliphatic hydroxyl groups is 1. The lowest BCUT2D eigenvalue weighted by Gasteiger charge is -2.54. The third-order valence-electron chi connectivity index (χ3n) is 8.29. The summed E-state index contributed by atoms with van der Waals surface area (Å²) in [6.45, 7) is 1.29. The number of anilines is 2. The number of nitrogens with zero attached hydrogens (tertiary/aromatic N) is 3. The molecule has 10 nitrogen and oxygen atoms in total. The van der Waals surface area contributed by atoms with Gasteiger partial charge in [-0.15, -0.1) is 0 Å². The number of amides is 1. The fraction of sp³-hybridized carbons (Fsp3) is 0.519. The van der Waals surface area contributed by atoms with E-state index >= 15 is 0 Å². The van der Waals surface area contributed by atoms with Crippen molar-refractivity contribution in [2.24, 2.45) is 0 Å². The van der Waals surface area contributed by atoms with Crippen molar-refractivity contribution in [2.75, 3.05) is 37.6 Å². The molecular formula is C27H33N5O5. The van der Waals surface area contributed by atoms with Crippen LogP contribution in [0.4, 0.5) is 11.5 Å². The SMILES string of the molecule is COc1ccc2c(n1)C(CCC13CCC(NCc4ccc5c(n4)NC(=O)CO5)(CC1)CO3)=CC(O)N2C. The molecule has 6 heterocycles. The van der Waals surface area contributed by atoms with Gasteiger partial charge in [0, 0.05) is 25.2 Å². The van der Waals surface area contributed by atoms with Gasteiger partial charge in [-0.25, -0.2) is 9.97 Å². The minimum absolute atomic E-state index is 0.0284. The lowest BCUT2D eigenvalue weighted by atomic mass is 9.69. The summed E-state index contributed by atoms with van der Waals surface area (Å²) in [7, 11) is 3.48. The van der Waals surface area contributed by atoms with Gasteiger partial charge >= 0.3 is 0 Å². The summed E-state index contributed by atoms with van der Waals surface area (Å²) in [5, 5.41) is 17.0. The number of rotatable bonds is 7. The molecular weight excluding hydrogens is 474 g/mol. The predicted octanol–water partition coefficient (Wildman–Crippen LogP) is 2.62. The first-order chi connectivity index (χ1) is 17.9. The van der Waals surface area contributed by atoms with Crippen LogP contribution < -0.4 is 25.0 Å². The molecule has 3 fully saturated rings. The number of methoxy groups -OCH3 is 1. The Kier molecular flexibility index (Phi) is 6.05. The molecule has 0 radical (unpaired) electrons. The van der Waals surface area contributed by atoms with E-state index in [-0.39, 0.29) is 23.7 Å². The van der Waals surface area contributed by atoms with E-state index in [9.17, 15) is 9.90 Å². The minimum atomic E-state index is -0.678. The Morgan fingerprint density at radius 1 is 1.22 bits per heavy atom. The minimum Gasteiger partial charge on any atom is -0.481 e. The van der Waals surface area contributed by atoms with Crippen LogP contribution in [0, 0.1) is 0 Å². The number of pyridine rings is 2. The molecule has 10 heteroatoms. The average Bonchev–Trinajstić information content (AvgIpc) is 2.93. The molecule has 2 saturated heterocycles. The van der Waals surface area contributed by atoms with E-state index in [1.165, 1.54) is 0 Å². The standard InChI is InChI=1S/C27H33N5O5/c1-32-19-4-6-22(35-2)31-24(19)17(13-23(32)34)7-8-27-11-9-26(10-12-27,16-37-27)28-14-18-3-5-20-25(29-18)30-21(33)15-36-20/h3-6,13,23,28,34H,7-12,14-16H2,1-2H3,(H,29,30,33). The topological polar surface area (TPSA) is 118 Å². The quantitative estimate of drug-likeness (QED) is 0.520. The number of hydrogen-bond donors (Lipinski definition) is 3. The van der Waals surface area contributed by atoms with Gasteiger partial charge in [-0.1, -0.05) is 0 Å². The van der Waals surface area contributed by atoms with Crippen molar-refractivity contribution in [1.29, 1.82) is 0 Å². The van der Waals surface area contributed by atoms with Crippen LogP contribution >= 0.6 is 0 Å². The Hall–Kier alpha value is -3.21. The molecule has 2 bridgehead atoms. The summed E-state index contributed by atoms with van der Waals surface area (Å²) in [6.07, 6.45) is 6.91. The van der Waals surface area contributed by atoms with E-state index in [0.29, 0.717) is 30.6 Å². The largest absolute Gasteiger partial charge is 0.481 e. The van der Waals surface area contributed by atoms with Crippen molar-refractivity contribution in [3.8, 4) is 11.6 Å². The normalized spacial score (nSPS) is 28.1. The van der Waals surface area contributed by atoms with Gasteiger partial charge in [0.2, 0.25) is 5.88 Å². The molecule has 3 N–H and O–H groups in total. The van der Waals surface area contributed by atoms with Crippen molar-refractivity contribution in [2.45, 2.75) is 62.4 Å². The number of carbonyl (C=O) groups excluding carboxylic acids is 1. The fourth-order valence-electron chi connectivity index (χ4n) is 5.84. The van der Waals surface area contributed by atoms with Crippen LogP contribution in [0.15, 0.2) is 30.3 Å². The zero-order valence-corrected chi connectivity index (χ0v) is 21.2. The van der Waals surface area contributed by atoms with E-state index in [1.807, 2.05) is 42.3 Å². The van der Waals surface area contributed by atoms with E-state index in [0.717, 1.165) is 61.2 Å². The highest BCUT2D eigenvalue weighted by atomic mass is 16.5. The second-order valence-corrected chi connectivity index (χ2v) is 10.5. The van der Waals surface area contributed by atoms with Crippen LogP contribution in [0.3, 0.4) is 0 Å². The molecule has 2 aromatic heterocycles. The van der Waals surface area contributed by atoms with Crippen LogP contribution in [0.2, 0.25) is 0 Å². The monoisotopic (exact) mass is 507 g/mol. The maximum atomic E-state index is 11.6. The van der Waals surface area contributed by atoms with Crippen molar-refractivity contribution in [3.63, 3.8) is 0 Å². The van der Waals surface area contributed by atoms with Gasteiger partial charge in [-0.3, -0.25) is 4.79 Å². The maximum Gasteiger partial charge on any atom is 0.263 e. The summed E-state index contributed by atoms with van der Waals surface area (Å²) in [5.74, 6) is 1.47. The molecule has 1 saturated carbocycles. The van der Waals surface area contributed by atoms with Gasteiger partial charge < -0.3 is 34.9 Å². The third-order valence-corrected chi connectivity index (χ3v) is 8.29. The first-order valence-corrected chi connectivity index (χ1v) is 12.9. The Bertz CT molecular complexity index is 1220. The highest BCUT2D eigenvalue weighted by Crippen LogP contribution is 2.47. The number of aliphatic hydroxyl groups excluding tert-OH is 1. The number of nitrogens with one attached hydrogen (secondary N) is 2. The zero-order chi connectivity index (χ0) is 25.6. The summed E-state index contributed by atoms with van der Waals surface area (Å²) in [5.41, 5.74) is 3.45. The number of fused-ring (bicyclic) bond motifs is 5. The van der Waals surface area contributed by atoms with E-state index in [1.54, 1.807) is 7.11 Å². The third kappa shape index (κ3) is 4.54. The van der Waals surface area contributed by atoms with Gasteiger partial charge in [0.1, 0.15) is 6.23 Å². The smallest absolute Gasteiger partial charge is 0.263 e. The van der Waals surface area contributed by atoms with E-state index in [2.05, 4.69) is 20.6 Å². The molecule has 1 aliphatic carbocycles. The summed E-state index contributed by atoms with van der Waals surface area (Å²) >= 11 is 0. The van der Waals surface area contributed by atoms with Gasteiger partial charge in [0.05, 0.1) is 36.4 Å². The Balaban J connectivity index is 1.08. The zero-order valence-electron chi connectivity index (χ0n) is 21.2. The maximum absolute atomic E-state index is 11.6. The molecule has 196 valence electrons. The van der Waals surface area contributed by atoms with Crippen molar-refractivity contribution in [1.82, 2.24) is 15.3 Å². The van der Waals surface area contributed by atoms with Crippen LogP contribution in [-0.4, -0.2) is 65.7 Å². The predicted molar refractivity (Wildman–Crippen MR) is 137 cm³/mol. The molecule has 5 aliphatic rings. The number of ether oxygens (including phenoxy) is 3. The molecule has 1 atom stereocenters. The fourth-order valence-corrected chi connectivity index (χ4v) is 5.84. The number of carbonyl (C=O) groups is 1. The van der Waals surface area contributed by atoms with Crippen LogP contribution in [0.1, 0.15) is 49.9 Å². The Labute approximate surface area is 216 Å². The van der Waals surface area contributed by atoms with Gasteiger partial charge in [0.15, 0.2) is 18.2 Å². The molecule has 1 amide bonds. The molecule has 1 unspecified atom stereocenters. The highest BCUT2D eigenvalue weighted by Gasteiger charge is 2.49. The second kappa shape index (κ2) is 9.27. The molecule has 2 aromatic rings. The van der Waals surface area contributed by atoms with E-state index < -0.39 is 6.23 Å². The van der Waals surface area contributed by atoms with Crippen molar-refractivity contribution >= 4 is 23.0 Å². The average molecular weight is 508 g/mol. The number of likely N-dealkylation sites (N-methyl/N-ethyl adjacent to an activating group) is 1. The summed E-state index contributed by atoms with van der Waals surface area (Å²) < 4.78 is 17.3. The Morgan fingerprint density at radius 3 is 2.81 bits per heavy atom. The summed E-state index contributed by atoms with van der Waals surface area (Å²) in [6, 6.07) is 7.56. The van der Waals surface area contributed by atoms with Gasteiger partial charge in [-0.2, -0.15) is 0 Å².